The number of benzene rings is 2. The molecule has 2 aromatic rings. The van der Waals surface area contributed by atoms with Gasteiger partial charge in [-0.15, -0.1) is 0 Å². The van der Waals surface area contributed by atoms with Crippen LogP contribution in [0.2, 0.25) is 0 Å². The Hall–Kier alpha value is -0.220. The Kier molecular flexibility index (Phi) is 11.2. The number of hydrogen-bond donors (Lipinski definition) is 1. The largest absolute Gasteiger partial charge is 1.00 e. The Bertz CT molecular complexity index is 557. The molecule has 6 heteroatoms. The SMILES string of the molecule is CCCS(=O)(=O)O.[H-].[Na+].c1ccc(Pc2ccccc2)cc1. The fourth-order valence-electron chi connectivity index (χ4n) is 1.47. The number of hydrogen-bond acceptors (Lipinski definition) is 2. The Morgan fingerprint density at radius 2 is 1.33 bits per heavy atom. The van der Waals surface area contributed by atoms with E-state index in [1.165, 1.54) is 10.6 Å². The molecule has 1 N–H and O–H groups in total. The molecule has 0 unspecified atom stereocenters. The van der Waals surface area contributed by atoms with Gasteiger partial charge in [0.1, 0.15) is 0 Å². The van der Waals surface area contributed by atoms with E-state index < -0.39 is 10.1 Å². The number of rotatable bonds is 4. The van der Waals surface area contributed by atoms with Crippen LogP contribution in [0, 0.1) is 0 Å². The van der Waals surface area contributed by atoms with Crippen molar-refractivity contribution in [2.24, 2.45) is 0 Å². The average molecular weight is 334 g/mol. The molecule has 0 aliphatic carbocycles. The van der Waals surface area contributed by atoms with Crippen LogP contribution in [0.1, 0.15) is 14.8 Å². The molecule has 0 atom stereocenters. The summed E-state index contributed by atoms with van der Waals surface area (Å²) in [5.74, 6) is -0.132. The summed E-state index contributed by atoms with van der Waals surface area (Å²) >= 11 is 0. The van der Waals surface area contributed by atoms with Gasteiger partial charge in [-0.05, 0) is 17.0 Å². The molecule has 2 rings (SSSR count). The van der Waals surface area contributed by atoms with Crippen LogP contribution >= 0.6 is 8.58 Å². The first-order chi connectivity index (χ1) is 9.51. The fraction of sp³-hybridized carbons (Fsp3) is 0.200. The first-order valence-electron chi connectivity index (χ1n) is 6.33. The van der Waals surface area contributed by atoms with Crippen molar-refractivity contribution in [1.29, 1.82) is 0 Å². The topological polar surface area (TPSA) is 54.4 Å². The zero-order chi connectivity index (χ0) is 14.8. The minimum atomic E-state index is -3.67. The van der Waals surface area contributed by atoms with Crippen LogP contribution < -0.4 is 40.2 Å². The summed E-state index contributed by atoms with van der Waals surface area (Å²) in [7, 11) is -2.90. The van der Waals surface area contributed by atoms with Crippen LogP contribution in [0.5, 0.6) is 0 Å². The van der Waals surface area contributed by atoms with Crippen molar-refractivity contribution in [3.05, 3.63) is 60.7 Å². The van der Waals surface area contributed by atoms with Gasteiger partial charge >= 0.3 is 29.6 Å². The van der Waals surface area contributed by atoms with E-state index in [0.717, 1.165) is 8.58 Å². The molecule has 0 fully saturated rings. The molecule has 21 heavy (non-hydrogen) atoms. The van der Waals surface area contributed by atoms with E-state index in [0.29, 0.717) is 6.42 Å². The van der Waals surface area contributed by atoms with Gasteiger partial charge < -0.3 is 1.43 Å². The van der Waals surface area contributed by atoms with Gasteiger partial charge in [-0.1, -0.05) is 76.2 Å². The second-order valence-corrected chi connectivity index (χ2v) is 7.12. The van der Waals surface area contributed by atoms with Crippen LogP contribution in [0.4, 0.5) is 0 Å². The van der Waals surface area contributed by atoms with Crippen molar-refractivity contribution in [3.63, 3.8) is 0 Å². The normalized spacial score (nSPS) is 10.0. The van der Waals surface area contributed by atoms with Crippen molar-refractivity contribution in [3.8, 4) is 0 Å². The maximum Gasteiger partial charge on any atom is 1.00 e. The van der Waals surface area contributed by atoms with Gasteiger partial charge in [0.15, 0.2) is 0 Å². The van der Waals surface area contributed by atoms with Crippen LogP contribution in [-0.2, 0) is 10.1 Å². The molecule has 0 aliphatic heterocycles. The molecule has 0 radical (unpaired) electrons. The van der Waals surface area contributed by atoms with Crippen LogP contribution in [-0.4, -0.2) is 18.7 Å². The van der Waals surface area contributed by atoms with E-state index in [9.17, 15) is 8.42 Å². The van der Waals surface area contributed by atoms with Gasteiger partial charge in [0, 0.05) is 0 Å². The maximum absolute atomic E-state index is 9.79. The van der Waals surface area contributed by atoms with Crippen LogP contribution in [0.15, 0.2) is 60.7 Å². The summed E-state index contributed by atoms with van der Waals surface area (Å²) in [5.41, 5.74) is 0. The molecule has 0 saturated heterocycles. The van der Waals surface area contributed by atoms with E-state index in [-0.39, 0.29) is 36.7 Å². The predicted molar refractivity (Wildman–Crippen MR) is 88.3 cm³/mol. The average Bonchev–Trinajstić information content (AvgIpc) is 2.40. The summed E-state index contributed by atoms with van der Waals surface area (Å²) in [6.45, 7) is 1.69. The Morgan fingerprint density at radius 1 is 0.952 bits per heavy atom. The van der Waals surface area contributed by atoms with Gasteiger partial charge in [0.2, 0.25) is 0 Å². The molecule has 110 valence electrons. The Morgan fingerprint density at radius 3 is 1.57 bits per heavy atom. The monoisotopic (exact) mass is 334 g/mol. The second kappa shape index (κ2) is 11.4. The van der Waals surface area contributed by atoms with Crippen molar-refractivity contribution in [1.82, 2.24) is 0 Å². The van der Waals surface area contributed by atoms with Crippen molar-refractivity contribution < 1.29 is 44.0 Å². The third-order valence-electron chi connectivity index (χ3n) is 2.30. The van der Waals surface area contributed by atoms with E-state index >= 15 is 0 Å². The van der Waals surface area contributed by atoms with E-state index in [1.807, 2.05) is 0 Å². The summed E-state index contributed by atoms with van der Waals surface area (Å²) < 4.78 is 27.6. The first kappa shape index (κ1) is 20.8. The minimum Gasteiger partial charge on any atom is -1.00 e. The molecule has 0 saturated carbocycles. The van der Waals surface area contributed by atoms with Crippen molar-refractivity contribution in [2.45, 2.75) is 13.3 Å². The smallest absolute Gasteiger partial charge is 1.00 e. The molecule has 0 bridgehead atoms. The minimum absolute atomic E-state index is 0. The van der Waals surface area contributed by atoms with Gasteiger partial charge in [0.05, 0.1) is 5.75 Å². The Balaban J connectivity index is 0. The molecule has 0 heterocycles. The van der Waals surface area contributed by atoms with Crippen LogP contribution in [0.25, 0.3) is 0 Å². The van der Waals surface area contributed by atoms with Crippen molar-refractivity contribution >= 4 is 29.3 Å². The third kappa shape index (κ3) is 11.1. The molecule has 3 nitrogen and oxygen atoms in total. The van der Waals surface area contributed by atoms with Gasteiger partial charge in [-0.2, -0.15) is 8.42 Å². The maximum atomic E-state index is 9.79. The quantitative estimate of drug-likeness (QED) is 0.475. The Labute approximate surface area is 152 Å². The summed E-state index contributed by atoms with van der Waals surface area (Å²) in [4.78, 5) is 0. The van der Waals surface area contributed by atoms with Crippen LogP contribution in [0.3, 0.4) is 0 Å². The van der Waals surface area contributed by atoms with E-state index in [4.69, 9.17) is 4.55 Å². The molecule has 0 aromatic heterocycles. The zero-order valence-corrected chi connectivity index (χ0v) is 16.2. The molecule has 0 spiro atoms. The molecule has 0 amide bonds. The summed E-state index contributed by atoms with van der Waals surface area (Å²) in [6, 6.07) is 21.2. The van der Waals surface area contributed by atoms with Gasteiger partial charge in [-0.25, -0.2) is 0 Å². The molecule has 2 aromatic carbocycles. The van der Waals surface area contributed by atoms with Crippen molar-refractivity contribution in [2.75, 3.05) is 5.75 Å². The molecular weight excluding hydrogens is 314 g/mol. The summed E-state index contributed by atoms with van der Waals surface area (Å²) in [5, 5.41) is 2.79. The zero-order valence-electron chi connectivity index (χ0n) is 13.4. The molecular formula is C15H20NaO3PS. The third-order valence-corrected chi connectivity index (χ3v) is 4.47. The molecule has 0 aliphatic rings. The fourth-order valence-corrected chi connectivity index (χ4v) is 3.04. The van der Waals surface area contributed by atoms with E-state index in [1.54, 1.807) is 6.92 Å². The standard InChI is InChI=1S/C12H11P.C3H8O3S.Na.H/c1-3-7-11(8-4-1)13-12-9-5-2-6-10-12;1-2-3-7(4,5)6;;/h1-10,13H;2-3H2,1H3,(H,4,5,6);;/q;;+1;-1. The predicted octanol–water partition coefficient (Wildman–Crippen LogP) is -0.283. The second-order valence-electron chi connectivity index (χ2n) is 4.14. The first-order valence-corrected chi connectivity index (χ1v) is 8.94. The van der Waals surface area contributed by atoms with Gasteiger partial charge in [0.25, 0.3) is 10.1 Å². The summed E-state index contributed by atoms with van der Waals surface area (Å²) in [6.07, 6.45) is 0.471. The van der Waals surface area contributed by atoms with E-state index in [2.05, 4.69) is 60.7 Å². The van der Waals surface area contributed by atoms with Gasteiger partial charge in [-0.3, -0.25) is 4.55 Å².